The van der Waals surface area contributed by atoms with E-state index in [-0.39, 0.29) is 17.9 Å². The van der Waals surface area contributed by atoms with Crippen LogP contribution in [-0.4, -0.2) is 29.6 Å². The normalized spacial score (nSPS) is 18.2. The van der Waals surface area contributed by atoms with Crippen LogP contribution in [-0.2, 0) is 0 Å². The fourth-order valence-corrected chi connectivity index (χ4v) is 4.80. The molecule has 4 heterocycles. The number of benzene rings is 1. The highest BCUT2D eigenvalue weighted by Crippen LogP contribution is 2.43. The van der Waals surface area contributed by atoms with Gasteiger partial charge in [0.05, 0.1) is 17.8 Å². The molecule has 9 heteroatoms. The Morgan fingerprint density at radius 3 is 2.50 bits per heavy atom. The van der Waals surface area contributed by atoms with Gasteiger partial charge < -0.3 is 10.2 Å². The molecule has 0 aliphatic carbocycles. The molecule has 0 radical (unpaired) electrons. The predicted octanol–water partition coefficient (Wildman–Crippen LogP) is 4.03. The zero-order valence-electron chi connectivity index (χ0n) is 17.9. The second-order valence-electron chi connectivity index (χ2n) is 7.91. The SMILES string of the molecule is Cc1cc(N2C(=S)NC(c3ccccn3)C2c2cc(C)n(-n3cnnc3)c2C)ccc1F. The smallest absolute Gasteiger partial charge is 0.174 e. The summed E-state index contributed by atoms with van der Waals surface area (Å²) in [6, 6.07) is 12.7. The van der Waals surface area contributed by atoms with Crippen molar-refractivity contribution in [2.24, 2.45) is 0 Å². The summed E-state index contributed by atoms with van der Waals surface area (Å²) in [5.74, 6) is -0.240. The molecule has 4 aromatic rings. The highest BCUT2D eigenvalue weighted by atomic mass is 32.1. The van der Waals surface area contributed by atoms with Crippen molar-refractivity contribution in [2.45, 2.75) is 32.9 Å². The number of hydrogen-bond donors (Lipinski definition) is 1. The van der Waals surface area contributed by atoms with Crippen molar-refractivity contribution in [1.82, 2.24) is 29.9 Å². The van der Waals surface area contributed by atoms with Crippen LogP contribution in [0.5, 0.6) is 0 Å². The third kappa shape index (κ3) is 3.25. The summed E-state index contributed by atoms with van der Waals surface area (Å²) in [5, 5.41) is 11.9. The fourth-order valence-electron chi connectivity index (χ4n) is 4.46. The van der Waals surface area contributed by atoms with Gasteiger partial charge in [-0.2, -0.15) is 0 Å². The van der Waals surface area contributed by atoms with E-state index in [0.29, 0.717) is 10.7 Å². The molecule has 1 saturated heterocycles. The molecule has 0 bridgehead atoms. The molecule has 162 valence electrons. The first kappa shape index (κ1) is 20.3. The van der Waals surface area contributed by atoms with E-state index in [2.05, 4.69) is 43.1 Å². The van der Waals surface area contributed by atoms with Crippen molar-refractivity contribution in [2.75, 3.05) is 4.90 Å². The molecule has 1 aliphatic rings. The number of aromatic nitrogens is 5. The molecule has 1 aliphatic heterocycles. The number of thiocarbonyl (C=S) groups is 1. The molecule has 1 N–H and O–H groups in total. The number of nitrogens with zero attached hydrogens (tertiary/aromatic N) is 6. The van der Waals surface area contributed by atoms with Gasteiger partial charge in [0.25, 0.3) is 0 Å². The number of anilines is 1. The summed E-state index contributed by atoms with van der Waals surface area (Å²) in [7, 11) is 0. The highest BCUT2D eigenvalue weighted by molar-refractivity contribution is 7.80. The van der Waals surface area contributed by atoms with Gasteiger partial charge in [0, 0.05) is 28.8 Å². The van der Waals surface area contributed by atoms with E-state index in [9.17, 15) is 4.39 Å². The minimum Gasteiger partial charge on any atom is -0.351 e. The van der Waals surface area contributed by atoms with Crippen LogP contribution in [0.3, 0.4) is 0 Å². The zero-order valence-corrected chi connectivity index (χ0v) is 18.7. The largest absolute Gasteiger partial charge is 0.351 e. The summed E-state index contributed by atoms with van der Waals surface area (Å²) < 4.78 is 17.9. The lowest BCUT2D eigenvalue weighted by Crippen LogP contribution is -2.29. The van der Waals surface area contributed by atoms with Crippen molar-refractivity contribution >= 4 is 23.0 Å². The zero-order chi connectivity index (χ0) is 22.4. The van der Waals surface area contributed by atoms with E-state index >= 15 is 0 Å². The maximum absolute atomic E-state index is 14.0. The average Bonchev–Trinajstić information content (AvgIpc) is 3.49. The van der Waals surface area contributed by atoms with Gasteiger partial charge in [0.1, 0.15) is 18.5 Å². The molecule has 0 saturated carbocycles. The van der Waals surface area contributed by atoms with E-state index in [1.807, 2.05) is 35.9 Å². The lowest BCUT2D eigenvalue weighted by Gasteiger charge is -2.28. The van der Waals surface area contributed by atoms with Crippen LogP contribution < -0.4 is 10.2 Å². The standard InChI is InChI=1S/C23H22FN7S/c1-14-10-17(7-8-19(14)24)30-22(21(28-23(30)32)20-6-4-5-9-25-20)18-11-15(2)31(16(18)3)29-12-26-27-13-29/h4-13,21-22H,1-3H3,(H,28,32). The van der Waals surface area contributed by atoms with Gasteiger partial charge in [-0.05, 0) is 75.0 Å². The minimum atomic E-state index is -0.240. The lowest BCUT2D eigenvalue weighted by atomic mass is 9.96. The fraction of sp³-hybridized carbons (Fsp3) is 0.217. The molecule has 0 amide bonds. The first-order valence-corrected chi connectivity index (χ1v) is 10.7. The van der Waals surface area contributed by atoms with Gasteiger partial charge in [-0.1, -0.05) is 6.07 Å². The Morgan fingerprint density at radius 1 is 1.03 bits per heavy atom. The van der Waals surface area contributed by atoms with Crippen LogP contribution in [0.2, 0.25) is 0 Å². The predicted molar refractivity (Wildman–Crippen MR) is 124 cm³/mol. The Morgan fingerprint density at radius 2 is 1.81 bits per heavy atom. The summed E-state index contributed by atoms with van der Waals surface area (Å²) in [6.07, 6.45) is 5.11. The third-order valence-corrected chi connectivity index (χ3v) is 6.22. The van der Waals surface area contributed by atoms with E-state index in [0.717, 1.165) is 28.3 Å². The first-order valence-electron chi connectivity index (χ1n) is 10.3. The van der Waals surface area contributed by atoms with Crippen molar-refractivity contribution in [3.63, 3.8) is 0 Å². The van der Waals surface area contributed by atoms with Crippen LogP contribution in [0, 0.1) is 26.6 Å². The highest BCUT2D eigenvalue weighted by Gasteiger charge is 2.42. The second-order valence-corrected chi connectivity index (χ2v) is 8.30. The van der Waals surface area contributed by atoms with Gasteiger partial charge in [0.2, 0.25) is 0 Å². The van der Waals surface area contributed by atoms with Crippen molar-refractivity contribution in [1.29, 1.82) is 0 Å². The second kappa shape index (κ2) is 7.83. The van der Waals surface area contributed by atoms with E-state index < -0.39 is 0 Å². The van der Waals surface area contributed by atoms with E-state index in [4.69, 9.17) is 12.2 Å². The minimum absolute atomic E-state index is 0.177. The molecule has 5 rings (SSSR count). The van der Waals surface area contributed by atoms with Crippen molar-refractivity contribution in [3.05, 3.63) is 95.3 Å². The molecule has 2 atom stereocenters. The molecule has 1 fully saturated rings. The Balaban J connectivity index is 1.69. The van der Waals surface area contributed by atoms with Crippen LogP contribution >= 0.6 is 12.2 Å². The quantitative estimate of drug-likeness (QED) is 0.477. The lowest BCUT2D eigenvalue weighted by molar-refractivity contribution is 0.557. The van der Waals surface area contributed by atoms with Crippen LogP contribution in [0.4, 0.5) is 10.1 Å². The van der Waals surface area contributed by atoms with Gasteiger partial charge >= 0.3 is 0 Å². The van der Waals surface area contributed by atoms with Crippen molar-refractivity contribution < 1.29 is 4.39 Å². The Kier molecular flexibility index (Phi) is 4.97. The number of nitrogens with one attached hydrogen (secondary N) is 1. The number of hydrogen-bond acceptors (Lipinski definition) is 4. The number of pyridine rings is 1. The molecular formula is C23H22FN7S. The summed E-state index contributed by atoms with van der Waals surface area (Å²) >= 11 is 5.78. The Bertz CT molecular complexity index is 1280. The average molecular weight is 448 g/mol. The van der Waals surface area contributed by atoms with Gasteiger partial charge in [-0.3, -0.25) is 9.66 Å². The molecule has 3 aromatic heterocycles. The summed E-state index contributed by atoms with van der Waals surface area (Å²) in [5.41, 5.74) is 5.43. The molecular weight excluding hydrogens is 425 g/mol. The summed E-state index contributed by atoms with van der Waals surface area (Å²) in [4.78, 5) is 6.65. The molecule has 2 unspecified atom stereocenters. The third-order valence-electron chi connectivity index (χ3n) is 5.91. The first-order chi connectivity index (χ1) is 15.5. The number of aryl methyl sites for hydroxylation is 2. The molecule has 7 nitrogen and oxygen atoms in total. The van der Waals surface area contributed by atoms with E-state index in [1.54, 1.807) is 31.8 Å². The molecule has 1 aromatic carbocycles. The monoisotopic (exact) mass is 447 g/mol. The Labute approximate surface area is 190 Å². The Hall–Kier alpha value is -3.59. The number of halogens is 1. The van der Waals surface area contributed by atoms with Crippen LogP contribution in [0.15, 0.2) is 61.3 Å². The summed E-state index contributed by atoms with van der Waals surface area (Å²) in [6.45, 7) is 5.86. The number of rotatable bonds is 4. The maximum Gasteiger partial charge on any atom is 0.174 e. The van der Waals surface area contributed by atoms with Gasteiger partial charge in [0.15, 0.2) is 5.11 Å². The molecule has 0 spiro atoms. The van der Waals surface area contributed by atoms with E-state index in [1.165, 1.54) is 6.07 Å². The van der Waals surface area contributed by atoms with Crippen LogP contribution in [0.25, 0.3) is 0 Å². The molecule has 32 heavy (non-hydrogen) atoms. The maximum atomic E-state index is 14.0. The topological polar surface area (TPSA) is 63.8 Å². The van der Waals surface area contributed by atoms with Crippen molar-refractivity contribution in [3.8, 4) is 0 Å². The van der Waals surface area contributed by atoms with Gasteiger partial charge in [-0.15, -0.1) is 10.2 Å². The van der Waals surface area contributed by atoms with Gasteiger partial charge in [-0.25, -0.2) is 9.07 Å². The van der Waals surface area contributed by atoms with Crippen LogP contribution in [0.1, 0.15) is 40.3 Å².